The molecule has 0 saturated heterocycles. The maximum absolute atomic E-state index is 10.7. The van der Waals surface area contributed by atoms with Crippen molar-refractivity contribution >= 4 is 48.4 Å². The topological polar surface area (TPSA) is 40.8 Å². The molecule has 0 saturated carbocycles. The van der Waals surface area contributed by atoms with Crippen LogP contribution in [0.3, 0.4) is 0 Å². The van der Waals surface area contributed by atoms with Crippen LogP contribution >= 0.6 is 0 Å². The van der Waals surface area contributed by atoms with E-state index in [1.54, 1.807) is 11.6 Å². The summed E-state index contributed by atoms with van der Waals surface area (Å²) >= 11 is -3.36. The second-order valence-corrected chi connectivity index (χ2v) is 18.4. The molecule has 2 heterocycles. The standard InChI is InChI=1S/C35H31GeN2O/c1-23-16-17-29-28-18-19-31(36(4,26-12-8-6-9-13-26)27-14-10-7-11-15-27)30(21-37)34(28)39-35(29)33(23)32-20-24(2)25(3)22-38(32)5/h6-20,22H,1-5H3/q+1/i2D3,3D3. The normalized spacial score (nSPS) is 14.6. The summed E-state index contributed by atoms with van der Waals surface area (Å²) in [5, 5.41) is 12.3. The number of pyridine rings is 1. The van der Waals surface area contributed by atoms with Gasteiger partial charge in [-0.3, -0.25) is 0 Å². The Bertz CT molecular complexity index is 2090. The average Bonchev–Trinajstić information content (AvgIpc) is 3.39. The van der Waals surface area contributed by atoms with Crippen LogP contribution in [0.15, 0.2) is 102 Å². The van der Waals surface area contributed by atoms with Crippen LogP contribution in [0.25, 0.3) is 33.2 Å². The molecule has 0 aliphatic rings. The summed E-state index contributed by atoms with van der Waals surface area (Å²) in [6.45, 7) is -3.34. The van der Waals surface area contributed by atoms with Gasteiger partial charge in [-0.15, -0.1) is 0 Å². The Labute approximate surface area is 240 Å². The number of nitrogens with zero attached hydrogens (tertiary/aromatic N) is 2. The van der Waals surface area contributed by atoms with Crippen LogP contribution in [-0.4, -0.2) is 13.3 Å². The van der Waals surface area contributed by atoms with Gasteiger partial charge in [-0.05, 0) is 0 Å². The molecule has 0 radical (unpaired) electrons. The van der Waals surface area contributed by atoms with Crippen molar-refractivity contribution in [3.05, 3.63) is 119 Å². The van der Waals surface area contributed by atoms with Crippen LogP contribution in [-0.2, 0) is 7.05 Å². The molecule has 0 fully saturated rings. The number of furan rings is 1. The molecule has 4 heteroatoms. The molecule has 0 spiro atoms. The van der Waals surface area contributed by atoms with Crippen LogP contribution < -0.4 is 17.8 Å². The van der Waals surface area contributed by atoms with E-state index in [0.717, 1.165) is 20.7 Å². The SMILES string of the molecule is [2H]C([2H])([2H])c1cc(-c2c(C)ccc3c2oc2c(C#N)[c]([Ge]([CH3])([c]4ccccc4)[c]4ccccc4)ccc23)[n+](C)cc1C([2H])([2H])[2H]. The first-order valence-corrected chi connectivity index (χ1v) is 18.1. The molecule has 39 heavy (non-hydrogen) atoms. The van der Waals surface area contributed by atoms with Gasteiger partial charge in [0.25, 0.3) is 0 Å². The van der Waals surface area contributed by atoms with Crippen molar-refractivity contribution in [1.29, 1.82) is 5.26 Å². The first-order chi connectivity index (χ1) is 21.3. The molecule has 2 aromatic heterocycles. The van der Waals surface area contributed by atoms with Crippen LogP contribution in [0, 0.1) is 32.0 Å². The van der Waals surface area contributed by atoms with E-state index in [2.05, 4.69) is 42.2 Å². The molecule has 3 nitrogen and oxygen atoms in total. The molecule has 0 N–H and O–H groups in total. The molecule has 0 aliphatic heterocycles. The van der Waals surface area contributed by atoms with Gasteiger partial charge >= 0.3 is 241 Å². The molecule has 6 aromatic rings. The van der Waals surface area contributed by atoms with Crippen LogP contribution in [0.4, 0.5) is 0 Å². The van der Waals surface area contributed by atoms with Gasteiger partial charge in [-0.2, -0.15) is 0 Å². The molecule has 0 unspecified atom stereocenters. The van der Waals surface area contributed by atoms with Crippen LogP contribution in [0.5, 0.6) is 0 Å². The van der Waals surface area contributed by atoms with E-state index in [1.165, 1.54) is 21.1 Å². The van der Waals surface area contributed by atoms with E-state index in [4.69, 9.17) is 12.6 Å². The minimum atomic E-state index is -3.36. The number of rotatable bonds is 4. The maximum atomic E-state index is 10.7. The van der Waals surface area contributed by atoms with Gasteiger partial charge < -0.3 is 0 Å². The van der Waals surface area contributed by atoms with E-state index < -0.39 is 27.0 Å². The Balaban J connectivity index is 1.67. The molecular formula is C35H31GeN2O+. The molecule has 0 bridgehead atoms. The second kappa shape index (κ2) is 9.56. The third-order valence-corrected chi connectivity index (χ3v) is 17.3. The Kier molecular flexibility index (Phi) is 4.66. The number of fused-ring (bicyclic) bond motifs is 3. The van der Waals surface area contributed by atoms with Gasteiger partial charge in [0.05, 0.1) is 0 Å². The fraction of sp³-hybridized carbons (Fsp3) is 0.143. The second-order valence-electron chi connectivity index (χ2n) is 10.2. The minimum absolute atomic E-state index is 0.215. The van der Waals surface area contributed by atoms with Gasteiger partial charge in [-0.25, -0.2) is 0 Å². The molecular weight excluding hydrogens is 537 g/mol. The van der Waals surface area contributed by atoms with Crippen molar-refractivity contribution < 1.29 is 17.2 Å². The zero-order valence-corrected chi connectivity index (χ0v) is 24.1. The summed E-state index contributed by atoms with van der Waals surface area (Å²) in [5.41, 5.74) is 3.03. The summed E-state index contributed by atoms with van der Waals surface area (Å²) < 4.78 is 60.0. The van der Waals surface area contributed by atoms with Crippen molar-refractivity contribution in [2.45, 2.75) is 26.4 Å². The molecule has 0 amide bonds. The third kappa shape index (κ3) is 3.90. The van der Waals surface area contributed by atoms with Crippen molar-refractivity contribution in [1.82, 2.24) is 0 Å². The number of nitriles is 1. The van der Waals surface area contributed by atoms with Crippen molar-refractivity contribution in [2.75, 3.05) is 0 Å². The van der Waals surface area contributed by atoms with Gasteiger partial charge in [0.15, 0.2) is 0 Å². The molecule has 4 aromatic carbocycles. The molecule has 0 atom stereocenters. The van der Waals surface area contributed by atoms with E-state index in [1.807, 2.05) is 61.5 Å². The number of hydrogen-bond acceptors (Lipinski definition) is 2. The number of benzene rings is 4. The summed E-state index contributed by atoms with van der Waals surface area (Å²) in [5.74, 6) is 2.30. The quantitative estimate of drug-likeness (QED) is 0.192. The predicted octanol–water partition coefficient (Wildman–Crippen LogP) is 5.97. The van der Waals surface area contributed by atoms with Crippen molar-refractivity contribution in [3.63, 3.8) is 0 Å². The Morgan fingerprint density at radius 3 is 2.03 bits per heavy atom. The first kappa shape index (κ1) is 19.0. The van der Waals surface area contributed by atoms with Gasteiger partial charge in [0, 0.05) is 0 Å². The Morgan fingerprint density at radius 2 is 1.41 bits per heavy atom. The predicted molar refractivity (Wildman–Crippen MR) is 163 cm³/mol. The van der Waals surface area contributed by atoms with E-state index in [9.17, 15) is 5.26 Å². The summed E-state index contributed by atoms with van der Waals surface area (Å²) in [7, 11) is 1.70. The zero-order valence-electron chi connectivity index (χ0n) is 28.0. The Hall–Kier alpha value is -4.14. The van der Waals surface area contributed by atoms with Gasteiger partial charge in [0.2, 0.25) is 0 Å². The Morgan fingerprint density at radius 1 is 0.795 bits per heavy atom. The van der Waals surface area contributed by atoms with E-state index in [-0.39, 0.29) is 11.1 Å². The number of aryl methyl sites for hydroxylation is 4. The fourth-order valence-corrected chi connectivity index (χ4v) is 13.7. The molecule has 0 aliphatic carbocycles. The zero-order chi connectivity index (χ0) is 32.3. The third-order valence-electron chi connectivity index (χ3n) is 7.90. The van der Waals surface area contributed by atoms with Gasteiger partial charge in [-0.1, -0.05) is 0 Å². The van der Waals surface area contributed by atoms with Crippen molar-refractivity contribution in [2.24, 2.45) is 7.05 Å². The first-order valence-electron chi connectivity index (χ1n) is 15.8. The fourth-order valence-electron chi connectivity index (χ4n) is 5.77. The van der Waals surface area contributed by atoms with E-state index >= 15 is 0 Å². The molecule has 190 valence electrons. The number of aromatic nitrogens is 1. The van der Waals surface area contributed by atoms with Crippen molar-refractivity contribution in [3.8, 4) is 17.3 Å². The van der Waals surface area contributed by atoms with Crippen LogP contribution in [0.2, 0.25) is 5.76 Å². The molecule has 6 rings (SSSR count). The summed E-state index contributed by atoms with van der Waals surface area (Å²) in [6, 6.07) is 32.6. The van der Waals surface area contributed by atoms with E-state index in [0.29, 0.717) is 28.0 Å². The monoisotopic (exact) mass is 575 g/mol. The summed E-state index contributed by atoms with van der Waals surface area (Å²) in [4.78, 5) is 0. The average molecular weight is 574 g/mol. The van der Waals surface area contributed by atoms with Crippen LogP contribution in [0.1, 0.15) is 30.5 Å². The number of hydrogen-bond donors (Lipinski definition) is 0. The van der Waals surface area contributed by atoms with Gasteiger partial charge in [0.1, 0.15) is 0 Å². The summed E-state index contributed by atoms with van der Waals surface area (Å²) in [6.07, 6.45) is 1.38.